The fraction of sp³-hybridized carbons (Fsp3) is 0.208. The smallest absolute Gasteiger partial charge is 0.251 e. The first-order valence-electron chi connectivity index (χ1n) is 9.70. The van der Waals surface area contributed by atoms with Crippen molar-refractivity contribution in [2.24, 2.45) is 0 Å². The Morgan fingerprint density at radius 2 is 1.48 bits per heavy atom. The van der Waals surface area contributed by atoms with Gasteiger partial charge in [-0.15, -0.1) is 0 Å². The normalized spacial score (nSPS) is 10.3. The Labute approximate surface area is 186 Å². The van der Waals surface area contributed by atoms with Gasteiger partial charge in [-0.3, -0.25) is 4.79 Å². The van der Waals surface area contributed by atoms with Crippen LogP contribution in [-0.4, -0.2) is 33.3 Å². The van der Waals surface area contributed by atoms with Crippen molar-refractivity contribution in [1.29, 1.82) is 0 Å². The number of methoxy groups -OCH3 is 2. The molecule has 0 bridgehead atoms. The Morgan fingerprint density at radius 3 is 2.19 bits per heavy atom. The first-order valence-corrected chi connectivity index (χ1v) is 10.1. The third kappa shape index (κ3) is 6.30. The van der Waals surface area contributed by atoms with Gasteiger partial charge in [-0.25, -0.2) is 0 Å². The Kier molecular flexibility index (Phi) is 8.01. The first kappa shape index (κ1) is 22.3. The number of amides is 1. The van der Waals surface area contributed by atoms with Gasteiger partial charge in [-0.05, 0) is 42.0 Å². The van der Waals surface area contributed by atoms with Gasteiger partial charge in [0.2, 0.25) is 0 Å². The number of halogens is 1. The molecular weight excluding hydrogens is 418 g/mol. The standard InChI is InChI=1S/C24H24ClNO5/c1-28-22-14-18(21(25)15-23(22)29-2)16-26-24(27)17-7-6-10-20(13-17)31-12-11-30-19-8-4-3-5-9-19/h3-10,13-15H,11-12,16H2,1-2H3,(H,26,27). The van der Waals surface area contributed by atoms with E-state index in [0.29, 0.717) is 41.0 Å². The van der Waals surface area contributed by atoms with Crippen LogP contribution in [0, 0.1) is 0 Å². The van der Waals surface area contributed by atoms with Crippen LogP contribution in [0.1, 0.15) is 15.9 Å². The summed E-state index contributed by atoms with van der Waals surface area (Å²) in [6.45, 7) is 1.01. The molecule has 3 aromatic rings. The third-order valence-electron chi connectivity index (χ3n) is 4.45. The van der Waals surface area contributed by atoms with Crippen LogP contribution >= 0.6 is 11.6 Å². The quantitative estimate of drug-likeness (QED) is 0.460. The number of ether oxygens (including phenoxy) is 4. The maximum atomic E-state index is 12.6. The number of rotatable bonds is 10. The summed E-state index contributed by atoms with van der Waals surface area (Å²) >= 11 is 6.29. The lowest BCUT2D eigenvalue weighted by molar-refractivity contribution is 0.0950. The van der Waals surface area contributed by atoms with Gasteiger partial charge in [0, 0.05) is 23.2 Å². The molecule has 6 nitrogen and oxygen atoms in total. The van der Waals surface area contributed by atoms with E-state index in [-0.39, 0.29) is 12.5 Å². The molecule has 0 aliphatic heterocycles. The molecule has 1 amide bonds. The molecular formula is C24H24ClNO5. The molecule has 0 saturated carbocycles. The summed E-state index contributed by atoms with van der Waals surface area (Å²) in [5, 5.41) is 3.34. The fourth-order valence-electron chi connectivity index (χ4n) is 2.87. The number of carbonyl (C=O) groups is 1. The van der Waals surface area contributed by atoms with E-state index < -0.39 is 0 Å². The van der Waals surface area contributed by atoms with Crippen molar-refractivity contribution in [1.82, 2.24) is 5.32 Å². The van der Waals surface area contributed by atoms with Crippen LogP contribution in [0.25, 0.3) is 0 Å². The number of benzene rings is 3. The van der Waals surface area contributed by atoms with Crippen molar-refractivity contribution >= 4 is 17.5 Å². The van der Waals surface area contributed by atoms with E-state index >= 15 is 0 Å². The number of hydrogen-bond acceptors (Lipinski definition) is 5. The lowest BCUT2D eigenvalue weighted by atomic mass is 10.1. The van der Waals surface area contributed by atoms with E-state index in [4.69, 9.17) is 30.5 Å². The third-order valence-corrected chi connectivity index (χ3v) is 4.80. The maximum Gasteiger partial charge on any atom is 0.251 e. The molecule has 7 heteroatoms. The summed E-state index contributed by atoms with van der Waals surface area (Å²) in [5.74, 6) is 2.21. The van der Waals surface area contributed by atoms with E-state index in [1.54, 1.807) is 50.6 Å². The van der Waals surface area contributed by atoms with Gasteiger partial charge in [0.1, 0.15) is 24.7 Å². The monoisotopic (exact) mass is 441 g/mol. The van der Waals surface area contributed by atoms with Crippen molar-refractivity contribution in [3.05, 3.63) is 82.9 Å². The minimum atomic E-state index is -0.239. The number of hydrogen-bond donors (Lipinski definition) is 1. The highest BCUT2D eigenvalue weighted by Crippen LogP contribution is 2.33. The SMILES string of the molecule is COc1cc(Cl)c(CNC(=O)c2cccc(OCCOc3ccccc3)c2)cc1OC. The summed E-state index contributed by atoms with van der Waals surface area (Å²) < 4.78 is 21.8. The van der Waals surface area contributed by atoms with Crippen LogP contribution < -0.4 is 24.3 Å². The predicted octanol–water partition coefficient (Wildman–Crippen LogP) is 4.75. The van der Waals surface area contributed by atoms with Gasteiger partial charge < -0.3 is 24.3 Å². The molecule has 0 atom stereocenters. The minimum absolute atomic E-state index is 0.239. The van der Waals surface area contributed by atoms with Crippen LogP contribution in [0.5, 0.6) is 23.0 Å². The van der Waals surface area contributed by atoms with Crippen LogP contribution in [0.2, 0.25) is 5.02 Å². The second-order valence-corrected chi connectivity index (χ2v) is 6.93. The Bertz CT molecular complexity index is 1010. The second kappa shape index (κ2) is 11.1. The average Bonchev–Trinajstić information content (AvgIpc) is 2.81. The predicted molar refractivity (Wildman–Crippen MR) is 120 cm³/mol. The number of nitrogens with one attached hydrogen (secondary N) is 1. The van der Waals surface area contributed by atoms with Crippen LogP contribution in [0.15, 0.2) is 66.7 Å². The Hall–Kier alpha value is -3.38. The van der Waals surface area contributed by atoms with Gasteiger partial charge >= 0.3 is 0 Å². The summed E-state index contributed by atoms with van der Waals surface area (Å²) in [7, 11) is 3.09. The molecule has 0 radical (unpaired) electrons. The van der Waals surface area contributed by atoms with E-state index in [1.165, 1.54) is 0 Å². The fourth-order valence-corrected chi connectivity index (χ4v) is 3.09. The van der Waals surface area contributed by atoms with Crippen molar-refractivity contribution in [3.8, 4) is 23.0 Å². The van der Waals surface area contributed by atoms with E-state index in [0.717, 1.165) is 11.3 Å². The van der Waals surface area contributed by atoms with Crippen molar-refractivity contribution < 1.29 is 23.7 Å². The van der Waals surface area contributed by atoms with Crippen molar-refractivity contribution in [2.45, 2.75) is 6.54 Å². The summed E-state index contributed by atoms with van der Waals surface area (Å²) in [4.78, 5) is 12.6. The van der Waals surface area contributed by atoms with Crippen LogP contribution in [0.3, 0.4) is 0 Å². The van der Waals surface area contributed by atoms with E-state index in [9.17, 15) is 4.79 Å². The topological polar surface area (TPSA) is 66.0 Å². The average molecular weight is 442 g/mol. The molecule has 0 unspecified atom stereocenters. The molecule has 0 saturated heterocycles. The molecule has 0 aromatic heterocycles. The van der Waals surface area contributed by atoms with Crippen LogP contribution in [0.4, 0.5) is 0 Å². The highest BCUT2D eigenvalue weighted by Gasteiger charge is 2.12. The van der Waals surface area contributed by atoms with Crippen molar-refractivity contribution in [3.63, 3.8) is 0 Å². The Balaban J connectivity index is 1.54. The molecule has 0 heterocycles. The highest BCUT2D eigenvalue weighted by atomic mass is 35.5. The van der Waals surface area contributed by atoms with E-state index in [2.05, 4.69) is 5.32 Å². The number of carbonyl (C=O) groups excluding carboxylic acids is 1. The lowest BCUT2D eigenvalue weighted by Crippen LogP contribution is -2.23. The molecule has 0 spiro atoms. The molecule has 0 fully saturated rings. The second-order valence-electron chi connectivity index (χ2n) is 6.52. The molecule has 31 heavy (non-hydrogen) atoms. The van der Waals surface area contributed by atoms with Crippen LogP contribution in [-0.2, 0) is 6.54 Å². The molecule has 3 aromatic carbocycles. The minimum Gasteiger partial charge on any atom is -0.493 e. The van der Waals surface area contributed by atoms with E-state index in [1.807, 2.05) is 30.3 Å². The zero-order valence-electron chi connectivity index (χ0n) is 17.4. The van der Waals surface area contributed by atoms with Gasteiger partial charge in [0.25, 0.3) is 5.91 Å². The summed E-state index contributed by atoms with van der Waals surface area (Å²) in [6, 6.07) is 19.9. The highest BCUT2D eigenvalue weighted by molar-refractivity contribution is 6.31. The first-order chi connectivity index (χ1) is 15.1. The number of para-hydroxylation sites is 1. The molecule has 162 valence electrons. The summed E-state index contributed by atoms with van der Waals surface area (Å²) in [5.41, 5.74) is 1.20. The van der Waals surface area contributed by atoms with Gasteiger partial charge in [0.05, 0.1) is 14.2 Å². The zero-order chi connectivity index (χ0) is 22.1. The van der Waals surface area contributed by atoms with Gasteiger partial charge in [0.15, 0.2) is 11.5 Å². The maximum absolute atomic E-state index is 12.6. The molecule has 1 N–H and O–H groups in total. The zero-order valence-corrected chi connectivity index (χ0v) is 18.1. The van der Waals surface area contributed by atoms with Gasteiger partial charge in [-0.1, -0.05) is 35.9 Å². The van der Waals surface area contributed by atoms with Crippen molar-refractivity contribution in [2.75, 3.05) is 27.4 Å². The Morgan fingerprint density at radius 1 is 0.839 bits per heavy atom. The molecule has 0 aliphatic carbocycles. The van der Waals surface area contributed by atoms with Gasteiger partial charge in [-0.2, -0.15) is 0 Å². The largest absolute Gasteiger partial charge is 0.493 e. The lowest BCUT2D eigenvalue weighted by Gasteiger charge is -2.13. The molecule has 0 aliphatic rings. The summed E-state index contributed by atoms with van der Waals surface area (Å²) in [6.07, 6.45) is 0. The molecule has 3 rings (SSSR count).